The summed E-state index contributed by atoms with van der Waals surface area (Å²) in [6, 6.07) is 12.8. The third-order valence-corrected chi connectivity index (χ3v) is 8.12. The van der Waals surface area contributed by atoms with Crippen LogP contribution < -0.4 is 0 Å². The van der Waals surface area contributed by atoms with Crippen LogP contribution in [-0.4, -0.2) is 51.2 Å². The number of aliphatic imine (C=N–C) groups is 1. The summed E-state index contributed by atoms with van der Waals surface area (Å²) in [4.78, 5) is 32.6. The third kappa shape index (κ3) is 5.55. The fraction of sp³-hybridized carbons (Fsp3) is 0.250. The SMILES string of the molecule is CCOC(=O)C1=C(O)/C(=C/c2cn(CC(=O)N3CCCC3)c3ccc(Br)cc23)SC1=Nc1ccc(Cl)cc1. The molecule has 0 spiro atoms. The van der Waals surface area contributed by atoms with Crippen LogP contribution in [0.15, 0.2) is 74.4 Å². The van der Waals surface area contributed by atoms with Gasteiger partial charge in [0.25, 0.3) is 0 Å². The summed E-state index contributed by atoms with van der Waals surface area (Å²) in [7, 11) is 0. The van der Waals surface area contributed by atoms with Gasteiger partial charge in [0.2, 0.25) is 5.91 Å². The highest BCUT2D eigenvalue weighted by Crippen LogP contribution is 2.41. The average Bonchev–Trinajstić information content (AvgIpc) is 3.60. The molecule has 2 aliphatic heterocycles. The predicted octanol–water partition coefficient (Wildman–Crippen LogP) is 6.87. The van der Waals surface area contributed by atoms with Gasteiger partial charge in [0.1, 0.15) is 22.9 Å². The number of halogens is 2. The smallest absolute Gasteiger partial charge is 0.344 e. The maximum Gasteiger partial charge on any atom is 0.344 e. The minimum absolute atomic E-state index is 0.0205. The number of fused-ring (bicyclic) bond motifs is 1. The van der Waals surface area contributed by atoms with Gasteiger partial charge in [0.15, 0.2) is 0 Å². The second kappa shape index (κ2) is 11.4. The number of hydrogen-bond donors (Lipinski definition) is 1. The first-order valence-electron chi connectivity index (χ1n) is 12.2. The van der Waals surface area contributed by atoms with Crippen molar-refractivity contribution < 1.29 is 19.4 Å². The zero-order chi connectivity index (χ0) is 26.8. The molecule has 38 heavy (non-hydrogen) atoms. The Morgan fingerprint density at radius 3 is 2.63 bits per heavy atom. The molecule has 0 radical (unpaired) electrons. The van der Waals surface area contributed by atoms with E-state index in [9.17, 15) is 14.7 Å². The van der Waals surface area contributed by atoms with Crippen LogP contribution in [0.25, 0.3) is 17.0 Å². The Balaban J connectivity index is 1.55. The second-order valence-corrected chi connectivity index (χ2v) is 11.3. The monoisotopic (exact) mass is 613 g/mol. The van der Waals surface area contributed by atoms with Crippen LogP contribution in [0.5, 0.6) is 0 Å². The Morgan fingerprint density at radius 1 is 1.18 bits per heavy atom. The number of carbonyl (C=O) groups is 2. The van der Waals surface area contributed by atoms with Gasteiger partial charge in [-0.15, -0.1) is 0 Å². The lowest BCUT2D eigenvalue weighted by molar-refractivity contribution is -0.138. The van der Waals surface area contributed by atoms with Crippen molar-refractivity contribution in [2.24, 2.45) is 4.99 Å². The summed E-state index contributed by atoms with van der Waals surface area (Å²) < 4.78 is 8.04. The standard InChI is InChI=1S/C28H25BrClN3O4S/c1-2-37-28(36)25-26(35)23(38-27(25)31-20-8-6-19(30)7-9-20)13-17-15-33(16-24(34)32-11-3-4-12-32)22-10-5-18(29)14-21(17)22/h5-10,13-15,35H,2-4,11-12,16H2,1H3/b23-13-,31-27?. The van der Waals surface area contributed by atoms with E-state index in [1.54, 1.807) is 31.2 Å². The first-order valence-corrected chi connectivity index (χ1v) is 14.2. The molecule has 0 saturated carbocycles. The maximum atomic E-state index is 12.9. The number of aromatic nitrogens is 1. The number of esters is 1. The lowest BCUT2D eigenvalue weighted by atomic mass is 10.1. The molecule has 0 atom stereocenters. The number of likely N-dealkylation sites (tertiary alicyclic amines) is 1. The number of amides is 1. The van der Waals surface area contributed by atoms with Gasteiger partial charge in [-0.1, -0.05) is 39.3 Å². The van der Waals surface area contributed by atoms with Crippen molar-refractivity contribution >= 4 is 78.9 Å². The minimum Gasteiger partial charge on any atom is -0.506 e. The fourth-order valence-electron chi connectivity index (χ4n) is 4.52. The van der Waals surface area contributed by atoms with Crippen molar-refractivity contribution in [3.05, 3.63) is 80.0 Å². The van der Waals surface area contributed by atoms with E-state index in [0.29, 0.717) is 20.7 Å². The topological polar surface area (TPSA) is 84.1 Å². The molecule has 1 aromatic heterocycles. The van der Waals surface area contributed by atoms with E-state index in [4.69, 9.17) is 16.3 Å². The highest BCUT2D eigenvalue weighted by Gasteiger charge is 2.33. The molecule has 1 saturated heterocycles. The molecule has 0 unspecified atom stereocenters. The lowest BCUT2D eigenvalue weighted by Crippen LogP contribution is -2.30. The highest BCUT2D eigenvalue weighted by atomic mass is 79.9. The van der Waals surface area contributed by atoms with Gasteiger partial charge in [-0.25, -0.2) is 9.79 Å². The molecular weight excluding hydrogens is 590 g/mol. The Labute approximate surface area is 237 Å². The average molecular weight is 615 g/mol. The van der Waals surface area contributed by atoms with Crippen molar-refractivity contribution in [1.29, 1.82) is 0 Å². The summed E-state index contributed by atoms with van der Waals surface area (Å²) in [5, 5.41) is 13.0. The van der Waals surface area contributed by atoms with Gasteiger partial charge in [-0.2, -0.15) is 0 Å². The van der Waals surface area contributed by atoms with Gasteiger partial charge in [-0.05, 0) is 68.3 Å². The number of benzene rings is 2. The Hall–Kier alpha value is -3.01. The molecule has 2 aromatic carbocycles. The number of aliphatic hydroxyl groups is 1. The van der Waals surface area contributed by atoms with Crippen LogP contribution >= 0.6 is 39.3 Å². The van der Waals surface area contributed by atoms with Crippen molar-refractivity contribution in [2.45, 2.75) is 26.3 Å². The maximum absolute atomic E-state index is 12.9. The quantitative estimate of drug-likeness (QED) is 0.306. The summed E-state index contributed by atoms with van der Waals surface area (Å²) in [6.45, 7) is 3.69. The molecule has 10 heteroatoms. The number of rotatable bonds is 6. The van der Waals surface area contributed by atoms with Crippen molar-refractivity contribution in [1.82, 2.24) is 9.47 Å². The van der Waals surface area contributed by atoms with Gasteiger partial charge >= 0.3 is 5.97 Å². The van der Waals surface area contributed by atoms with Gasteiger partial charge in [0.05, 0.1) is 17.2 Å². The van der Waals surface area contributed by atoms with Crippen LogP contribution in [0.4, 0.5) is 5.69 Å². The van der Waals surface area contributed by atoms with Crippen molar-refractivity contribution in [2.75, 3.05) is 19.7 Å². The molecule has 3 heterocycles. The van der Waals surface area contributed by atoms with E-state index in [1.165, 1.54) is 11.8 Å². The summed E-state index contributed by atoms with van der Waals surface area (Å²) in [5.74, 6) is -0.748. The molecule has 7 nitrogen and oxygen atoms in total. The molecule has 1 N–H and O–H groups in total. The molecule has 1 fully saturated rings. The van der Waals surface area contributed by atoms with E-state index in [2.05, 4.69) is 20.9 Å². The number of aliphatic hydroxyl groups excluding tert-OH is 1. The van der Waals surface area contributed by atoms with Crippen LogP contribution in [0, 0.1) is 0 Å². The lowest BCUT2D eigenvalue weighted by Gasteiger charge is -2.16. The molecule has 196 valence electrons. The summed E-state index contributed by atoms with van der Waals surface area (Å²) >= 11 is 10.7. The van der Waals surface area contributed by atoms with Crippen molar-refractivity contribution in [3.63, 3.8) is 0 Å². The Kier molecular flexibility index (Phi) is 7.97. The number of thioether (sulfide) groups is 1. The largest absolute Gasteiger partial charge is 0.506 e. The van der Waals surface area contributed by atoms with Crippen LogP contribution in [0.3, 0.4) is 0 Å². The van der Waals surface area contributed by atoms with Gasteiger partial charge < -0.3 is 19.3 Å². The Bertz CT molecular complexity index is 1500. The summed E-state index contributed by atoms with van der Waals surface area (Å²) in [6.07, 6.45) is 5.79. The fourth-order valence-corrected chi connectivity index (χ4v) is 6.03. The van der Waals surface area contributed by atoms with Gasteiger partial charge in [-0.3, -0.25) is 4.79 Å². The normalized spacial score (nSPS) is 17.8. The first-order chi connectivity index (χ1) is 18.3. The Morgan fingerprint density at radius 2 is 1.92 bits per heavy atom. The molecular formula is C28H25BrClN3O4S. The third-order valence-electron chi connectivity index (χ3n) is 6.35. The predicted molar refractivity (Wildman–Crippen MR) is 156 cm³/mol. The minimum atomic E-state index is -0.644. The number of hydrogen-bond acceptors (Lipinski definition) is 6. The zero-order valence-corrected chi connectivity index (χ0v) is 23.8. The second-order valence-electron chi connectivity index (χ2n) is 8.91. The van der Waals surface area contributed by atoms with E-state index < -0.39 is 5.97 Å². The van der Waals surface area contributed by atoms with E-state index in [1.807, 2.05) is 39.9 Å². The first kappa shape index (κ1) is 26.6. The van der Waals surface area contributed by atoms with E-state index >= 15 is 0 Å². The number of ether oxygens (including phenoxy) is 1. The van der Waals surface area contributed by atoms with Gasteiger partial charge in [0, 0.05) is 45.2 Å². The highest BCUT2D eigenvalue weighted by molar-refractivity contribution is 9.10. The zero-order valence-electron chi connectivity index (χ0n) is 20.6. The van der Waals surface area contributed by atoms with Crippen LogP contribution in [-0.2, 0) is 20.9 Å². The molecule has 1 amide bonds. The summed E-state index contributed by atoms with van der Waals surface area (Å²) in [5.41, 5.74) is 2.32. The number of nitrogens with zero attached hydrogens (tertiary/aromatic N) is 3. The molecule has 0 bridgehead atoms. The van der Waals surface area contributed by atoms with Crippen LogP contribution in [0.1, 0.15) is 25.3 Å². The molecule has 3 aromatic rings. The molecule has 2 aliphatic rings. The molecule has 0 aliphatic carbocycles. The van der Waals surface area contributed by atoms with Crippen molar-refractivity contribution in [3.8, 4) is 0 Å². The molecule has 5 rings (SSSR count). The van der Waals surface area contributed by atoms with E-state index in [0.717, 1.165) is 46.9 Å². The van der Waals surface area contributed by atoms with Crippen LogP contribution in [0.2, 0.25) is 5.02 Å². The number of carbonyl (C=O) groups excluding carboxylic acids is 2. The van der Waals surface area contributed by atoms with E-state index in [-0.39, 0.29) is 30.4 Å².